The second kappa shape index (κ2) is 7.03. The molecule has 1 aromatic rings. The molecule has 0 radical (unpaired) electrons. The number of hydrogen-bond donors (Lipinski definition) is 3. The average molecular weight is 245 g/mol. The molecule has 0 spiro atoms. The van der Waals surface area contributed by atoms with Gasteiger partial charge in [0.15, 0.2) is 5.78 Å². The van der Waals surface area contributed by atoms with Gasteiger partial charge in [0.2, 0.25) is 0 Å². The summed E-state index contributed by atoms with van der Waals surface area (Å²) in [6, 6.07) is 3.42. The SMILES string of the molecule is CCC(=O)c1ccc(NCCN)nc1N.Cl. The molecule has 0 bridgehead atoms. The van der Waals surface area contributed by atoms with Gasteiger partial charge >= 0.3 is 0 Å². The van der Waals surface area contributed by atoms with Crippen molar-refractivity contribution in [1.82, 2.24) is 4.98 Å². The van der Waals surface area contributed by atoms with Crippen LogP contribution in [0.15, 0.2) is 12.1 Å². The number of nitrogens with two attached hydrogens (primary N) is 2. The maximum atomic E-state index is 11.4. The number of pyridine rings is 1. The molecule has 0 aromatic carbocycles. The van der Waals surface area contributed by atoms with Crippen molar-refractivity contribution in [3.05, 3.63) is 17.7 Å². The van der Waals surface area contributed by atoms with Crippen molar-refractivity contribution in [2.24, 2.45) is 5.73 Å². The molecule has 0 unspecified atom stereocenters. The van der Waals surface area contributed by atoms with Crippen molar-refractivity contribution in [3.63, 3.8) is 0 Å². The van der Waals surface area contributed by atoms with Gasteiger partial charge in [-0.3, -0.25) is 4.79 Å². The predicted octanol–water partition coefficient (Wildman–Crippen LogP) is 1.05. The number of carbonyl (C=O) groups is 1. The van der Waals surface area contributed by atoms with Gasteiger partial charge in [0.25, 0.3) is 0 Å². The standard InChI is InChI=1S/C10H16N4O.ClH/c1-2-8(15)7-3-4-9(13-6-5-11)14-10(7)12;/h3-4H,2,5-6,11H2,1H3,(H3,12,13,14);1H. The second-order valence-corrected chi connectivity index (χ2v) is 3.12. The van der Waals surface area contributed by atoms with E-state index in [1.165, 1.54) is 0 Å². The van der Waals surface area contributed by atoms with Crippen LogP contribution < -0.4 is 16.8 Å². The summed E-state index contributed by atoms with van der Waals surface area (Å²) in [5.41, 5.74) is 11.5. The van der Waals surface area contributed by atoms with Gasteiger partial charge < -0.3 is 16.8 Å². The highest BCUT2D eigenvalue weighted by atomic mass is 35.5. The minimum absolute atomic E-state index is 0. The van der Waals surface area contributed by atoms with E-state index in [2.05, 4.69) is 10.3 Å². The van der Waals surface area contributed by atoms with Crippen molar-refractivity contribution in [2.45, 2.75) is 13.3 Å². The zero-order chi connectivity index (χ0) is 11.3. The van der Waals surface area contributed by atoms with Crippen LogP contribution in [0.5, 0.6) is 0 Å². The lowest BCUT2D eigenvalue weighted by atomic mass is 10.1. The largest absolute Gasteiger partial charge is 0.383 e. The first-order valence-corrected chi connectivity index (χ1v) is 4.92. The van der Waals surface area contributed by atoms with Crippen LogP contribution in [0.2, 0.25) is 0 Å². The van der Waals surface area contributed by atoms with Crippen molar-refractivity contribution in [3.8, 4) is 0 Å². The van der Waals surface area contributed by atoms with E-state index in [0.717, 1.165) is 0 Å². The number of nitrogens with zero attached hydrogens (tertiary/aromatic N) is 1. The van der Waals surface area contributed by atoms with Crippen LogP contribution in [0, 0.1) is 0 Å². The minimum Gasteiger partial charge on any atom is -0.383 e. The molecule has 0 saturated carbocycles. The fraction of sp³-hybridized carbons (Fsp3) is 0.400. The summed E-state index contributed by atoms with van der Waals surface area (Å²) in [5, 5.41) is 2.99. The molecular weight excluding hydrogens is 228 g/mol. The minimum atomic E-state index is 0. The molecule has 0 amide bonds. The Morgan fingerprint density at radius 1 is 1.50 bits per heavy atom. The third-order valence-electron chi connectivity index (χ3n) is 2.00. The van der Waals surface area contributed by atoms with Crippen molar-refractivity contribution < 1.29 is 4.79 Å². The van der Waals surface area contributed by atoms with E-state index in [0.29, 0.717) is 30.9 Å². The lowest BCUT2D eigenvalue weighted by molar-refractivity contribution is 0.0989. The molecule has 1 aromatic heterocycles. The monoisotopic (exact) mass is 244 g/mol. The van der Waals surface area contributed by atoms with Crippen LogP contribution in [-0.2, 0) is 0 Å². The van der Waals surface area contributed by atoms with Crippen LogP contribution in [0.3, 0.4) is 0 Å². The molecule has 5 N–H and O–H groups in total. The summed E-state index contributed by atoms with van der Waals surface area (Å²) >= 11 is 0. The third-order valence-corrected chi connectivity index (χ3v) is 2.00. The lowest BCUT2D eigenvalue weighted by Crippen LogP contribution is -2.15. The van der Waals surface area contributed by atoms with Gasteiger partial charge in [0, 0.05) is 19.5 Å². The summed E-state index contributed by atoms with van der Waals surface area (Å²) in [7, 11) is 0. The molecule has 0 aliphatic rings. The summed E-state index contributed by atoms with van der Waals surface area (Å²) in [5.74, 6) is 0.917. The number of ketones is 1. The van der Waals surface area contributed by atoms with Crippen LogP contribution in [0.25, 0.3) is 0 Å². The summed E-state index contributed by atoms with van der Waals surface area (Å²) in [6.45, 7) is 2.95. The number of nitrogen functional groups attached to an aromatic ring is 1. The van der Waals surface area contributed by atoms with E-state index in [1.807, 2.05) is 0 Å². The molecular formula is C10H17ClN4O. The van der Waals surface area contributed by atoms with E-state index >= 15 is 0 Å². The fourth-order valence-electron chi connectivity index (χ4n) is 1.20. The smallest absolute Gasteiger partial charge is 0.166 e. The van der Waals surface area contributed by atoms with Crippen LogP contribution in [0.1, 0.15) is 23.7 Å². The normalized spacial score (nSPS) is 9.38. The lowest BCUT2D eigenvalue weighted by Gasteiger charge is -2.07. The van der Waals surface area contributed by atoms with Crippen molar-refractivity contribution in [2.75, 3.05) is 24.1 Å². The molecule has 0 saturated heterocycles. The Morgan fingerprint density at radius 2 is 2.19 bits per heavy atom. The van der Waals surface area contributed by atoms with Crippen molar-refractivity contribution >= 4 is 29.8 Å². The second-order valence-electron chi connectivity index (χ2n) is 3.12. The van der Waals surface area contributed by atoms with Gasteiger partial charge in [-0.15, -0.1) is 12.4 Å². The molecule has 5 nitrogen and oxygen atoms in total. The number of rotatable bonds is 5. The van der Waals surface area contributed by atoms with Gasteiger partial charge in [-0.05, 0) is 12.1 Å². The molecule has 6 heteroatoms. The van der Waals surface area contributed by atoms with Crippen molar-refractivity contribution in [1.29, 1.82) is 0 Å². The van der Waals surface area contributed by atoms with Gasteiger partial charge in [-0.2, -0.15) is 0 Å². The zero-order valence-corrected chi connectivity index (χ0v) is 10.0. The van der Waals surface area contributed by atoms with Crippen LogP contribution in [0.4, 0.5) is 11.6 Å². The highest BCUT2D eigenvalue weighted by Crippen LogP contribution is 2.14. The molecule has 0 aliphatic carbocycles. The Morgan fingerprint density at radius 3 is 2.69 bits per heavy atom. The molecule has 1 rings (SSSR count). The number of carbonyl (C=O) groups excluding carboxylic acids is 1. The summed E-state index contributed by atoms with van der Waals surface area (Å²) < 4.78 is 0. The molecule has 1 heterocycles. The zero-order valence-electron chi connectivity index (χ0n) is 9.19. The Kier molecular flexibility index (Phi) is 6.44. The Bertz CT molecular complexity index is 357. The maximum Gasteiger partial charge on any atom is 0.166 e. The summed E-state index contributed by atoms with van der Waals surface area (Å²) in [6.07, 6.45) is 0.432. The number of nitrogens with one attached hydrogen (secondary N) is 1. The molecule has 0 fully saturated rings. The van der Waals surface area contributed by atoms with E-state index in [1.54, 1.807) is 19.1 Å². The molecule has 90 valence electrons. The highest BCUT2D eigenvalue weighted by molar-refractivity contribution is 6.00. The van der Waals surface area contributed by atoms with Crippen LogP contribution in [-0.4, -0.2) is 23.9 Å². The van der Waals surface area contributed by atoms with E-state index in [-0.39, 0.29) is 24.0 Å². The Hall–Kier alpha value is -1.33. The number of Topliss-reactive ketones (excluding diaryl/α,β-unsaturated/α-hetero) is 1. The quantitative estimate of drug-likeness (QED) is 0.673. The van der Waals surface area contributed by atoms with E-state index in [4.69, 9.17) is 11.5 Å². The number of aromatic nitrogens is 1. The Balaban J connectivity index is 0.00000225. The third kappa shape index (κ3) is 3.67. The topological polar surface area (TPSA) is 94.0 Å². The Labute approximate surface area is 101 Å². The van der Waals surface area contributed by atoms with Gasteiger partial charge in [0.05, 0.1) is 5.56 Å². The summed E-state index contributed by atoms with van der Waals surface area (Å²) in [4.78, 5) is 15.5. The predicted molar refractivity (Wildman–Crippen MR) is 68.1 cm³/mol. The number of hydrogen-bond acceptors (Lipinski definition) is 5. The maximum absolute atomic E-state index is 11.4. The van der Waals surface area contributed by atoms with Crippen LogP contribution >= 0.6 is 12.4 Å². The molecule has 0 aliphatic heterocycles. The highest BCUT2D eigenvalue weighted by Gasteiger charge is 2.08. The number of anilines is 2. The molecule has 16 heavy (non-hydrogen) atoms. The first-order chi connectivity index (χ1) is 7.19. The first-order valence-electron chi connectivity index (χ1n) is 4.92. The number of halogens is 1. The molecule has 0 atom stereocenters. The van der Waals surface area contributed by atoms with E-state index < -0.39 is 0 Å². The van der Waals surface area contributed by atoms with Gasteiger partial charge in [0.1, 0.15) is 11.6 Å². The average Bonchev–Trinajstić information content (AvgIpc) is 2.25. The van der Waals surface area contributed by atoms with Gasteiger partial charge in [-0.25, -0.2) is 4.98 Å². The van der Waals surface area contributed by atoms with E-state index in [9.17, 15) is 4.79 Å². The fourth-order valence-corrected chi connectivity index (χ4v) is 1.20. The first kappa shape index (κ1) is 14.7. The van der Waals surface area contributed by atoms with Gasteiger partial charge in [-0.1, -0.05) is 6.92 Å².